The zero-order valence-electron chi connectivity index (χ0n) is 11.7. The molecule has 0 aliphatic rings. The van der Waals surface area contributed by atoms with Crippen LogP contribution in [0.3, 0.4) is 0 Å². The monoisotopic (exact) mass is 281 g/mol. The molecule has 3 heteroatoms. The molecular formula is C18H16FNO. The highest BCUT2D eigenvalue weighted by Gasteiger charge is 2.05. The number of hydrogen-bond acceptors (Lipinski definition) is 2. The molecule has 0 saturated heterocycles. The lowest BCUT2D eigenvalue weighted by molar-refractivity contribution is 0.481. The number of hydrogen-bond donors (Lipinski definition) is 2. The Morgan fingerprint density at radius 2 is 1.76 bits per heavy atom. The summed E-state index contributed by atoms with van der Waals surface area (Å²) < 4.78 is 13.3. The van der Waals surface area contributed by atoms with Crippen molar-refractivity contribution in [2.24, 2.45) is 0 Å². The standard InChI is InChI=1S/C18H16FNO/c1-12-8-9-14(19)10-13(12)11-20-17-6-2-5-16-15(17)4-3-7-18(16)21/h2-10,20-21H,11H2,1H3. The van der Waals surface area contributed by atoms with Gasteiger partial charge in [-0.1, -0.05) is 30.3 Å². The van der Waals surface area contributed by atoms with Crippen molar-refractivity contribution in [1.29, 1.82) is 0 Å². The van der Waals surface area contributed by atoms with Crippen LogP contribution in [0.2, 0.25) is 0 Å². The first-order valence-corrected chi connectivity index (χ1v) is 6.85. The van der Waals surface area contributed by atoms with Crippen LogP contribution in [-0.2, 0) is 6.54 Å². The van der Waals surface area contributed by atoms with Gasteiger partial charge in [0.1, 0.15) is 11.6 Å². The van der Waals surface area contributed by atoms with Crippen molar-refractivity contribution in [3.8, 4) is 5.75 Å². The Labute approximate surface area is 122 Å². The van der Waals surface area contributed by atoms with Crippen LogP contribution in [0.4, 0.5) is 10.1 Å². The SMILES string of the molecule is Cc1ccc(F)cc1CNc1cccc2c(O)cccc12. The van der Waals surface area contributed by atoms with Gasteiger partial charge < -0.3 is 10.4 Å². The van der Waals surface area contributed by atoms with Gasteiger partial charge in [-0.15, -0.1) is 0 Å². The van der Waals surface area contributed by atoms with Gasteiger partial charge >= 0.3 is 0 Å². The first kappa shape index (κ1) is 13.4. The summed E-state index contributed by atoms with van der Waals surface area (Å²) in [7, 11) is 0. The van der Waals surface area contributed by atoms with Crippen LogP contribution in [0, 0.1) is 12.7 Å². The van der Waals surface area contributed by atoms with Gasteiger partial charge in [0, 0.05) is 23.0 Å². The molecule has 3 rings (SSSR count). The Hall–Kier alpha value is -2.55. The number of phenolic OH excluding ortho intramolecular Hbond substituents is 1. The number of nitrogens with one attached hydrogen (secondary N) is 1. The third-order valence-electron chi connectivity index (χ3n) is 3.68. The fourth-order valence-electron chi connectivity index (χ4n) is 2.47. The molecule has 3 aromatic carbocycles. The number of fused-ring (bicyclic) bond motifs is 1. The van der Waals surface area contributed by atoms with Gasteiger partial charge in [-0.2, -0.15) is 0 Å². The second kappa shape index (κ2) is 5.44. The van der Waals surface area contributed by atoms with Gasteiger partial charge in [-0.25, -0.2) is 4.39 Å². The van der Waals surface area contributed by atoms with E-state index < -0.39 is 0 Å². The molecule has 0 saturated carbocycles. The van der Waals surface area contributed by atoms with Crippen molar-refractivity contribution in [3.63, 3.8) is 0 Å². The van der Waals surface area contributed by atoms with E-state index in [9.17, 15) is 9.50 Å². The lowest BCUT2D eigenvalue weighted by Gasteiger charge is -2.12. The number of phenols is 1. The molecular weight excluding hydrogens is 265 g/mol. The van der Waals surface area contributed by atoms with E-state index >= 15 is 0 Å². The van der Waals surface area contributed by atoms with Crippen LogP contribution < -0.4 is 5.32 Å². The van der Waals surface area contributed by atoms with Gasteiger partial charge in [-0.3, -0.25) is 0 Å². The second-order valence-electron chi connectivity index (χ2n) is 5.10. The smallest absolute Gasteiger partial charge is 0.123 e. The predicted octanol–water partition coefficient (Wildman–Crippen LogP) is 4.61. The Morgan fingerprint density at radius 1 is 1.00 bits per heavy atom. The Morgan fingerprint density at radius 3 is 2.62 bits per heavy atom. The molecule has 0 heterocycles. The Balaban J connectivity index is 1.92. The van der Waals surface area contributed by atoms with Crippen LogP contribution in [0.1, 0.15) is 11.1 Å². The van der Waals surface area contributed by atoms with E-state index in [-0.39, 0.29) is 11.6 Å². The molecule has 0 unspecified atom stereocenters. The van der Waals surface area contributed by atoms with E-state index in [0.717, 1.165) is 27.6 Å². The summed E-state index contributed by atoms with van der Waals surface area (Å²) in [6.07, 6.45) is 0. The topological polar surface area (TPSA) is 32.3 Å². The number of aromatic hydroxyl groups is 1. The maximum Gasteiger partial charge on any atom is 0.123 e. The van der Waals surface area contributed by atoms with E-state index in [4.69, 9.17) is 0 Å². The van der Waals surface area contributed by atoms with E-state index in [0.29, 0.717) is 6.54 Å². The molecule has 2 N–H and O–H groups in total. The van der Waals surface area contributed by atoms with Crippen LogP contribution in [-0.4, -0.2) is 5.11 Å². The van der Waals surface area contributed by atoms with Crippen molar-refractivity contribution in [1.82, 2.24) is 0 Å². The normalized spacial score (nSPS) is 10.8. The average Bonchev–Trinajstić information content (AvgIpc) is 2.49. The largest absolute Gasteiger partial charge is 0.507 e. The van der Waals surface area contributed by atoms with Crippen LogP contribution in [0.25, 0.3) is 10.8 Å². The average molecular weight is 281 g/mol. The minimum absolute atomic E-state index is 0.229. The summed E-state index contributed by atoms with van der Waals surface area (Å²) in [4.78, 5) is 0. The molecule has 0 fully saturated rings. The van der Waals surface area contributed by atoms with Crippen molar-refractivity contribution < 1.29 is 9.50 Å². The molecule has 0 aromatic heterocycles. The molecule has 21 heavy (non-hydrogen) atoms. The molecule has 106 valence electrons. The number of aryl methyl sites for hydroxylation is 1. The molecule has 0 bridgehead atoms. The molecule has 3 aromatic rings. The second-order valence-corrected chi connectivity index (χ2v) is 5.10. The van der Waals surface area contributed by atoms with Crippen molar-refractivity contribution in [2.45, 2.75) is 13.5 Å². The van der Waals surface area contributed by atoms with Gasteiger partial charge in [0.15, 0.2) is 0 Å². The summed E-state index contributed by atoms with van der Waals surface area (Å²) in [5.74, 6) is 0.0334. The van der Waals surface area contributed by atoms with Gasteiger partial charge in [0.25, 0.3) is 0 Å². The third-order valence-corrected chi connectivity index (χ3v) is 3.68. The Kier molecular flexibility index (Phi) is 3.48. The van der Waals surface area contributed by atoms with Crippen molar-refractivity contribution >= 4 is 16.5 Å². The highest BCUT2D eigenvalue weighted by molar-refractivity contribution is 5.97. The molecule has 0 amide bonds. The van der Waals surface area contributed by atoms with Crippen LogP contribution in [0.15, 0.2) is 54.6 Å². The summed E-state index contributed by atoms with van der Waals surface area (Å²) >= 11 is 0. The lowest BCUT2D eigenvalue weighted by Crippen LogP contribution is -2.02. The lowest BCUT2D eigenvalue weighted by atomic mass is 10.1. The van der Waals surface area contributed by atoms with Gasteiger partial charge in [0.05, 0.1) is 0 Å². The molecule has 2 nitrogen and oxygen atoms in total. The molecule has 0 atom stereocenters. The number of halogens is 1. The summed E-state index contributed by atoms with van der Waals surface area (Å²) in [5.41, 5.74) is 2.89. The zero-order chi connectivity index (χ0) is 14.8. The molecule has 0 aliphatic heterocycles. The quantitative estimate of drug-likeness (QED) is 0.735. The fraction of sp³-hybridized carbons (Fsp3) is 0.111. The van der Waals surface area contributed by atoms with Crippen molar-refractivity contribution in [2.75, 3.05) is 5.32 Å². The van der Waals surface area contributed by atoms with Crippen LogP contribution in [0.5, 0.6) is 5.75 Å². The molecule has 0 spiro atoms. The van der Waals surface area contributed by atoms with E-state index in [1.165, 1.54) is 6.07 Å². The molecule has 0 aliphatic carbocycles. The highest BCUT2D eigenvalue weighted by atomic mass is 19.1. The van der Waals surface area contributed by atoms with Gasteiger partial charge in [0.2, 0.25) is 0 Å². The first-order valence-electron chi connectivity index (χ1n) is 6.85. The van der Waals surface area contributed by atoms with Crippen LogP contribution >= 0.6 is 0 Å². The van der Waals surface area contributed by atoms with Gasteiger partial charge in [-0.05, 0) is 42.3 Å². The van der Waals surface area contributed by atoms with E-state index in [1.54, 1.807) is 18.2 Å². The predicted molar refractivity (Wildman–Crippen MR) is 84.1 cm³/mol. The minimum atomic E-state index is -0.229. The number of anilines is 1. The summed E-state index contributed by atoms with van der Waals surface area (Å²) in [5, 5.41) is 15.0. The molecule has 0 radical (unpaired) electrons. The first-order chi connectivity index (χ1) is 10.1. The van der Waals surface area contributed by atoms with Crippen molar-refractivity contribution in [3.05, 3.63) is 71.5 Å². The maximum atomic E-state index is 13.3. The summed E-state index contributed by atoms with van der Waals surface area (Å²) in [6.45, 7) is 2.50. The van der Waals surface area contributed by atoms with E-state index in [2.05, 4.69) is 5.32 Å². The Bertz CT molecular complexity index is 798. The zero-order valence-corrected chi connectivity index (χ0v) is 11.7. The third kappa shape index (κ3) is 2.68. The highest BCUT2D eigenvalue weighted by Crippen LogP contribution is 2.30. The fourth-order valence-corrected chi connectivity index (χ4v) is 2.47. The number of rotatable bonds is 3. The number of benzene rings is 3. The maximum absolute atomic E-state index is 13.3. The summed E-state index contributed by atoms with van der Waals surface area (Å²) in [6, 6.07) is 16.0. The van der Waals surface area contributed by atoms with E-state index in [1.807, 2.05) is 37.3 Å². The minimum Gasteiger partial charge on any atom is -0.507 e.